The van der Waals surface area contributed by atoms with Gasteiger partial charge in [-0.15, -0.1) is 11.8 Å². The number of anilines is 2. The number of methoxy groups -OCH3 is 1. The van der Waals surface area contributed by atoms with E-state index in [0.29, 0.717) is 22.8 Å². The Kier molecular flexibility index (Phi) is 6.47. The van der Waals surface area contributed by atoms with E-state index in [4.69, 9.17) is 4.74 Å². The molecular formula is C27H28N2O3S. The smallest absolute Gasteiger partial charge is 0.255 e. The summed E-state index contributed by atoms with van der Waals surface area (Å²) in [6.45, 7) is 6.44. The van der Waals surface area contributed by atoms with E-state index in [0.717, 1.165) is 11.3 Å². The number of hydrogen-bond acceptors (Lipinski definition) is 4. The van der Waals surface area contributed by atoms with Crippen LogP contribution >= 0.6 is 11.8 Å². The second-order valence-corrected chi connectivity index (χ2v) is 10.1. The number of nitrogens with zero attached hydrogens (tertiary/aromatic N) is 1. The van der Waals surface area contributed by atoms with Crippen molar-refractivity contribution in [3.05, 3.63) is 89.5 Å². The molecule has 3 aromatic rings. The molecule has 3 aromatic carbocycles. The summed E-state index contributed by atoms with van der Waals surface area (Å²) in [5, 5.41) is 2.83. The lowest BCUT2D eigenvalue weighted by Crippen LogP contribution is -2.27. The van der Waals surface area contributed by atoms with Crippen molar-refractivity contribution < 1.29 is 14.3 Å². The highest BCUT2D eigenvalue weighted by Crippen LogP contribution is 2.42. The summed E-state index contributed by atoms with van der Waals surface area (Å²) in [6.07, 6.45) is 0. The molecule has 6 heteroatoms. The van der Waals surface area contributed by atoms with Crippen molar-refractivity contribution in [3.8, 4) is 5.75 Å². The molecular weight excluding hydrogens is 432 g/mol. The van der Waals surface area contributed by atoms with Gasteiger partial charge in [-0.05, 0) is 52.9 Å². The van der Waals surface area contributed by atoms with Gasteiger partial charge in [-0.1, -0.05) is 51.1 Å². The van der Waals surface area contributed by atoms with Crippen molar-refractivity contribution in [2.75, 3.05) is 23.1 Å². The Balaban J connectivity index is 1.48. The van der Waals surface area contributed by atoms with Crippen LogP contribution in [0.3, 0.4) is 0 Å². The molecule has 0 radical (unpaired) electrons. The maximum absolute atomic E-state index is 12.7. The number of hydrogen-bond donors (Lipinski definition) is 1. The fourth-order valence-corrected chi connectivity index (χ4v) is 4.94. The first-order valence-electron chi connectivity index (χ1n) is 10.9. The number of amides is 2. The molecule has 1 heterocycles. The number of thioether (sulfide) groups is 1. The highest BCUT2D eigenvalue weighted by atomic mass is 32.2. The second kappa shape index (κ2) is 9.32. The van der Waals surface area contributed by atoms with Crippen molar-refractivity contribution in [1.29, 1.82) is 0 Å². The monoisotopic (exact) mass is 460 g/mol. The van der Waals surface area contributed by atoms with Gasteiger partial charge in [0.1, 0.15) is 11.1 Å². The van der Waals surface area contributed by atoms with E-state index in [1.54, 1.807) is 23.8 Å². The predicted molar refractivity (Wildman–Crippen MR) is 135 cm³/mol. The quantitative estimate of drug-likeness (QED) is 0.506. The number of ether oxygens (including phenoxy) is 1. The summed E-state index contributed by atoms with van der Waals surface area (Å²) in [5.74, 6) is 1.05. The third-order valence-corrected chi connectivity index (χ3v) is 6.88. The van der Waals surface area contributed by atoms with Crippen LogP contribution in [0.1, 0.15) is 47.6 Å². The molecule has 0 saturated carbocycles. The third-order valence-electron chi connectivity index (χ3n) is 5.67. The van der Waals surface area contributed by atoms with E-state index >= 15 is 0 Å². The van der Waals surface area contributed by atoms with Gasteiger partial charge in [0.2, 0.25) is 5.91 Å². The Morgan fingerprint density at radius 3 is 2.36 bits per heavy atom. The summed E-state index contributed by atoms with van der Waals surface area (Å²) in [6, 6.07) is 22.9. The van der Waals surface area contributed by atoms with E-state index in [-0.39, 0.29) is 22.6 Å². The fraction of sp³-hybridized carbons (Fsp3) is 0.259. The lowest BCUT2D eigenvalue weighted by atomic mass is 9.87. The molecule has 1 fully saturated rings. The number of carbonyl (C=O) groups is 2. The molecule has 1 aliphatic heterocycles. The Morgan fingerprint density at radius 2 is 1.73 bits per heavy atom. The van der Waals surface area contributed by atoms with Gasteiger partial charge >= 0.3 is 0 Å². The summed E-state index contributed by atoms with van der Waals surface area (Å²) < 4.78 is 5.32. The molecule has 1 aliphatic rings. The zero-order chi connectivity index (χ0) is 23.6. The lowest BCUT2D eigenvalue weighted by Gasteiger charge is -2.25. The molecule has 0 aliphatic carbocycles. The van der Waals surface area contributed by atoms with Crippen LogP contribution < -0.4 is 15.0 Å². The third kappa shape index (κ3) is 5.06. The predicted octanol–water partition coefficient (Wildman–Crippen LogP) is 6.02. The molecule has 0 unspecified atom stereocenters. The van der Waals surface area contributed by atoms with Crippen LogP contribution in [0.2, 0.25) is 0 Å². The van der Waals surface area contributed by atoms with E-state index in [2.05, 4.69) is 26.1 Å². The van der Waals surface area contributed by atoms with Crippen LogP contribution in [-0.2, 0) is 10.2 Å². The van der Waals surface area contributed by atoms with Crippen LogP contribution in [0.15, 0.2) is 72.8 Å². The summed E-state index contributed by atoms with van der Waals surface area (Å²) >= 11 is 1.59. The van der Waals surface area contributed by atoms with Crippen molar-refractivity contribution in [2.24, 2.45) is 0 Å². The minimum atomic E-state index is -0.147. The molecule has 1 saturated heterocycles. The van der Waals surface area contributed by atoms with E-state index in [1.165, 1.54) is 5.56 Å². The largest absolute Gasteiger partial charge is 0.497 e. The molecule has 1 N–H and O–H groups in total. The number of benzene rings is 3. The molecule has 5 nitrogen and oxygen atoms in total. The van der Waals surface area contributed by atoms with Crippen molar-refractivity contribution in [1.82, 2.24) is 0 Å². The van der Waals surface area contributed by atoms with Gasteiger partial charge in [0, 0.05) is 23.0 Å². The van der Waals surface area contributed by atoms with Crippen molar-refractivity contribution in [3.63, 3.8) is 0 Å². The molecule has 2 amide bonds. The normalized spacial score (nSPS) is 16.1. The first-order chi connectivity index (χ1) is 15.8. The SMILES string of the molecule is COc1cccc(N2C(=O)CS[C@@H]2c2ccc(NC(=O)c3ccc(C(C)(C)C)cc3)cc2)c1. The second-order valence-electron chi connectivity index (χ2n) is 9.03. The Morgan fingerprint density at radius 1 is 1.03 bits per heavy atom. The molecule has 0 bridgehead atoms. The highest BCUT2D eigenvalue weighted by molar-refractivity contribution is 8.00. The van der Waals surface area contributed by atoms with Gasteiger partial charge in [0.15, 0.2) is 0 Å². The molecule has 4 rings (SSSR count). The topological polar surface area (TPSA) is 58.6 Å². The Hall–Kier alpha value is -3.25. The number of carbonyl (C=O) groups excluding carboxylic acids is 2. The van der Waals surface area contributed by atoms with Crippen LogP contribution in [0, 0.1) is 0 Å². The van der Waals surface area contributed by atoms with Crippen LogP contribution in [-0.4, -0.2) is 24.7 Å². The summed E-state index contributed by atoms with van der Waals surface area (Å²) in [5.41, 5.74) is 4.38. The van der Waals surface area contributed by atoms with Crippen molar-refractivity contribution in [2.45, 2.75) is 31.6 Å². The molecule has 170 valence electrons. The van der Waals surface area contributed by atoms with Gasteiger partial charge in [0.25, 0.3) is 5.91 Å². The summed E-state index contributed by atoms with van der Waals surface area (Å²) in [7, 11) is 1.61. The first-order valence-corrected chi connectivity index (χ1v) is 11.9. The standard InChI is InChI=1S/C27H28N2O3S/c1-27(2,3)20-12-8-18(9-13-20)25(31)28-21-14-10-19(11-15-21)26-29(24(30)17-33-26)22-6-5-7-23(16-22)32-4/h5-16,26H,17H2,1-4H3,(H,28,31)/t26-/m1/s1. The molecule has 0 spiro atoms. The summed E-state index contributed by atoms with van der Waals surface area (Å²) in [4.78, 5) is 27.1. The zero-order valence-electron chi connectivity index (χ0n) is 19.3. The van der Waals surface area contributed by atoms with E-state index in [1.807, 2.05) is 72.8 Å². The number of nitrogens with one attached hydrogen (secondary N) is 1. The lowest BCUT2D eigenvalue weighted by molar-refractivity contribution is -0.115. The van der Waals surface area contributed by atoms with E-state index < -0.39 is 0 Å². The zero-order valence-corrected chi connectivity index (χ0v) is 20.1. The van der Waals surface area contributed by atoms with Gasteiger partial charge < -0.3 is 10.1 Å². The van der Waals surface area contributed by atoms with Gasteiger partial charge in [0.05, 0.1) is 12.9 Å². The minimum Gasteiger partial charge on any atom is -0.497 e. The van der Waals surface area contributed by atoms with Crippen molar-refractivity contribution >= 4 is 35.0 Å². The Bertz CT molecular complexity index is 1150. The van der Waals surface area contributed by atoms with Crippen LogP contribution in [0.4, 0.5) is 11.4 Å². The maximum atomic E-state index is 12.7. The molecule has 1 atom stereocenters. The Labute approximate surface area is 199 Å². The average Bonchev–Trinajstić information content (AvgIpc) is 3.20. The van der Waals surface area contributed by atoms with Crippen LogP contribution in [0.25, 0.3) is 0 Å². The fourth-order valence-electron chi connectivity index (χ4n) is 3.77. The first kappa shape index (κ1) is 22.9. The minimum absolute atomic E-state index is 0.0449. The van der Waals surface area contributed by atoms with Gasteiger partial charge in [-0.2, -0.15) is 0 Å². The van der Waals surface area contributed by atoms with Gasteiger partial charge in [-0.3, -0.25) is 14.5 Å². The molecule has 0 aromatic heterocycles. The van der Waals surface area contributed by atoms with Crippen LogP contribution in [0.5, 0.6) is 5.75 Å². The maximum Gasteiger partial charge on any atom is 0.255 e. The van der Waals surface area contributed by atoms with E-state index in [9.17, 15) is 9.59 Å². The number of rotatable bonds is 5. The van der Waals surface area contributed by atoms with Gasteiger partial charge in [-0.25, -0.2) is 0 Å². The molecule has 33 heavy (non-hydrogen) atoms. The average molecular weight is 461 g/mol. The highest BCUT2D eigenvalue weighted by Gasteiger charge is 2.34.